The van der Waals surface area contributed by atoms with E-state index in [9.17, 15) is 22.4 Å². The van der Waals surface area contributed by atoms with E-state index in [0.717, 1.165) is 4.57 Å². The summed E-state index contributed by atoms with van der Waals surface area (Å²) in [6, 6.07) is 15.6. The number of halogens is 4. The van der Waals surface area contributed by atoms with Crippen molar-refractivity contribution in [1.82, 2.24) is 9.55 Å². The zero-order chi connectivity index (χ0) is 31.8. The lowest BCUT2D eigenvalue weighted by Gasteiger charge is -2.13. The SMILES string of the molecule is CCCS(=O)(=O)Nc1ccc(C)c(C(=O)c2cn(C(=O)c3c(Cl)cccc3CF)c3ncc(-c4ccc(Cl)cc4)cc23)c1F. The number of nitrogens with one attached hydrogen (secondary N) is 1. The normalized spacial score (nSPS) is 11.6. The molecule has 5 aromatic rings. The Balaban J connectivity index is 1.73. The molecule has 0 fully saturated rings. The number of pyridine rings is 1. The van der Waals surface area contributed by atoms with Gasteiger partial charge in [-0.25, -0.2) is 22.2 Å². The van der Waals surface area contributed by atoms with Crippen molar-refractivity contribution in [3.8, 4) is 11.1 Å². The summed E-state index contributed by atoms with van der Waals surface area (Å²) in [7, 11) is -3.86. The third kappa shape index (κ3) is 5.97. The maximum atomic E-state index is 15.9. The zero-order valence-electron chi connectivity index (χ0n) is 23.5. The molecule has 3 aromatic carbocycles. The second-order valence-corrected chi connectivity index (χ2v) is 12.8. The van der Waals surface area contributed by atoms with Crippen LogP contribution in [0.2, 0.25) is 10.0 Å². The molecule has 0 aliphatic carbocycles. The van der Waals surface area contributed by atoms with E-state index >= 15 is 4.39 Å². The van der Waals surface area contributed by atoms with Crippen molar-refractivity contribution in [2.75, 3.05) is 10.5 Å². The molecule has 0 unspecified atom stereocenters. The minimum absolute atomic E-state index is 0.00612. The first-order valence-electron chi connectivity index (χ1n) is 13.4. The van der Waals surface area contributed by atoms with Gasteiger partial charge in [0.15, 0.2) is 11.6 Å². The van der Waals surface area contributed by atoms with Crippen molar-refractivity contribution < 1.29 is 26.8 Å². The van der Waals surface area contributed by atoms with Gasteiger partial charge in [-0.05, 0) is 60.4 Å². The van der Waals surface area contributed by atoms with Gasteiger partial charge in [0.25, 0.3) is 5.91 Å². The minimum atomic E-state index is -3.86. The first kappa shape index (κ1) is 31.3. The molecule has 5 rings (SSSR count). The molecule has 0 bridgehead atoms. The highest BCUT2D eigenvalue weighted by Crippen LogP contribution is 2.33. The molecule has 0 amide bonds. The topological polar surface area (TPSA) is 98.1 Å². The average Bonchev–Trinajstić information content (AvgIpc) is 3.37. The van der Waals surface area contributed by atoms with Crippen LogP contribution >= 0.6 is 23.2 Å². The number of carbonyl (C=O) groups excluding carboxylic acids is 2. The number of hydrogen-bond acceptors (Lipinski definition) is 5. The van der Waals surface area contributed by atoms with Crippen LogP contribution in [0.25, 0.3) is 22.2 Å². The molecule has 1 N–H and O–H groups in total. The van der Waals surface area contributed by atoms with Crippen LogP contribution in [0.1, 0.15) is 50.8 Å². The molecular weight excluding hydrogens is 631 g/mol. The second kappa shape index (κ2) is 12.5. The number of anilines is 1. The molecule has 7 nitrogen and oxygen atoms in total. The molecular formula is C32H25Cl2F2N3O4S. The largest absolute Gasteiger partial charge is 0.288 e. The summed E-state index contributed by atoms with van der Waals surface area (Å²) < 4.78 is 57.9. The standard InChI is InChI=1S/C32H25Cl2F2N3O4S/c1-3-13-44(42,43)38-26-12-7-18(2)27(29(26)36)30(40)24-17-39(32(41)28-20(15-35)5-4-6-25(28)34)31-23(24)14-21(16-37-31)19-8-10-22(33)11-9-19/h4-12,14,16-17,38H,3,13,15H2,1-2H3. The van der Waals surface area contributed by atoms with Gasteiger partial charge in [-0.1, -0.05) is 60.5 Å². The predicted molar refractivity (Wildman–Crippen MR) is 168 cm³/mol. The van der Waals surface area contributed by atoms with Crippen molar-refractivity contribution in [2.45, 2.75) is 26.9 Å². The van der Waals surface area contributed by atoms with E-state index in [-0.39, 0.29) is 55.3 Å². The third-order valence-corrected chi connectivity index (χ3v) is 9.10. The maximum absolute atomic E-state index is 15.9. The van der Waals surface area contributed by atoms with Crippen LogP contribution in [-0.2, 0) is 16.7 Å². The fourth-order valence-corrected chi connectivity index (χ4v) is 6.47. The zero-order valence-corrected chi connectivity index (χ0v) is 25.8. The Hall–Kier alpha value is -4.12. The van der Waals surface area contributed by atoms with Crippen LogP contribution in [0.4, 0.5) is 14.5 Å². The molecule has 0 aliphatic rings. The molecule has 2 heterocycles. The number of hydrogen-bond donors (Lipinski definition) is 1. The number of nitrogens with zero attached hydrogens (tertiary/aromatic N) is 2. The summed E-state index contributed by atoms with van der Waals surface area (Å²) in [5.41, 5.74) is 0.680. The summed E-state index contributed by atoms with van der Waals surface area (Å²) in [5, 5.41) is 0.728. The van der Waals surface area contributed by atoms with Crippen LogP contribution in [0, 0.1) is 12.7 Å². The van der Waals surface area contributed by atoms with Crippen molar-refractivity contribution >= 4 is 61.6 Å². The second-order valence-electron chi connectivity index (χ2n) is 10.1. The lowest BCUT2D eigenvalue weighted by molar-refractivity contribution is 0.0962. The van der Waals surface area contributed by atoms with E-state index in [1.54, 1.807) is 37.3 Å². The van der Waals surface area contributed by atoms with Gasteiger partial charge in [0.05, 0.1) is 33.2 Å². The Morgan fingerprint density at radius 2 is 1.73 bits per heavy atom. The molecule has 44 heavy (non-hydrogen) atoms. The molecule has 226 valence electrons. The van der Waals surface area contributed by atoms with Gasteiger partial charge < -0.3 is 0 Å². The lowest BCUT2D eigenvalue weighted by atomic mass is 9.97. The summed E-state index contributed by atoms with van der Waals surface area (Å²) in [6.45, 7) is 2.22. The fraction of sp³-hybridized carbons (Fsp3) is 0.156. The quantitative estimate of drug-likeness (QED) is 0.162. The van der Waals surface area contributed by atoms with E-state index in [2.05, 4.69) is 9.71 Å². The molecule has 0 spiro atoms. The Kier molecular flexibility index (Phi) is 8.88. The lowest BCUT2D eigenvalue weighted by Crippen LogP contribution is -2.18. The number of sulfonamides is 1. The average molecular weight is 657 g/mol. The van der Waals surface area contributed by atoms with Crippen LogP contribution in [0.15, 0.2) is 73.1 Å². The highest BCUT2D eigenvalue weighted by Gasteiger charge is 2.28. The van der Waals surface area contributed by atoms with Crippen LogP contribution in [0.5, 0.6) is 0 Å². The van der Waals surface area contributed by atoms with Gasteiger partial charge in [0, 0.05) is 28.4 Å². The molecule has 0 aliphatic heterocycles. The maximum Gasteiger partial charge on any atom is 0.265 e. The number of carbonyl (C=O) groups is 2. The summed E-state index contributed by atoms with van der Waals surface area (Å²) in [4.78, 5) is 32.4. The van der Waals surface area contributed by atoms with Crippen LogP contribution in [0.3, 0.4) is 0 Å². The van der Waals surface area contributed by atoms with E-state index in [0.29, 0.717) is 22.6 Å². The van der Waals surface area contributed by atoms with Gasteiger partial charge in [-0.3, -0.25) is 18.9 Å². The van der Waals surface area contributed by atoms with Gasteiger partial charge >= 0.3 is 0 Å². The fourth-order valence-electron chi connectivity index (χ4n) is 4.94. The Morgan fingerprint density at radius 3 is 2.41 bits per heavy atom. The van der Waals surface area contributed by atoms with E-state index in [4.69, 9.17) is 23.2 Å². The van der Waals surface area contributed by atoms with Crippen LogP contribution < -0.4 is 4.72 Å². The van der Waals surface area contributed by atoms with Crippen molar-refractivity contribution in [3.05, 3.63) is 117 Å². The predicted octanol–water partition coefficient (Wildman–Crippen LogP) is 8.00. The van der Waals surface area contributed by atoms with Gasteiger partial charge in [0.1, 0.15) is 12.3 Å². The summed E-state index contributed by atoms with van der Waals surface area (Å²) in [6.07, 6.45) is 3.02. The number of aromatic nitrogens is 2. The first-order valence-corrected chi connectivity index (χ1v) is 15.9. The van der Waals surface area contributed by atoms with Gasteiger partial charge in [-0.15, -0.1) is 0 Å². The molecule has 0 saturated heterocycles. The summed E-state index contributed by atoms with van der Waals surface area (Å²) >= 11 is 12.4. The molecule has 0 atom stereocenters. The number of rotatable bonds is 9. The third-order valence-electron chi connectivity index (χ3n) is 7.06. The van der Waals surface area contributed by atoms with E-state index in [1.165, 1.54) is 49.6 Å². The van der Waals surface area contributed by atoms with Gasteiger partial charge in [0.2, 0.25) is 10.0 Å². The molecule has 0 saturated carbocycles. The van der Waals surface area contributed by atoms with Crippen molar-refractivity contribution in [3.63, 3.8) is 0 Å². The number of aryl methyl sites for hydroxylation is 1. The van der Waals surface area contributed by atoms with E-state index in [1.807, 2.05) is 0 Å². The number of ketones is 1. The monoisotopic (exact) mass is 655 g/mol. The highest BCUT2D eigenvalue weighted by molar-refractivity contribution is 7.92. The number of alkyl halides is 1. The van der Waals surface area contributed by atoms with Gasteiger partial charge in [-0.2, -0.15) is 0 Å². The Bertz CT molecular complexity index is 2050. The number of fused-ring (bicyclic) bond motifs is 1. The first-order chi connectivity index (χ1) is 21.0. The Morgan fingerprint density at radius 1 is 1.00 bits per heavy atom. The van der Waals surface area contributed by atoms with Crippen molar-refractivity contribution in [2.24, 2.45) is 0 Å². The molecule has 0 radical (unpaired) electrons. The molecule has 12 heteroatoms. The minimum Gasteiger partial charge on any atom is -0.288 e. The van der Waals surface area contributed by atoms with E-state index < -0.39 is 34.2 Å². The summed E-state index contributed by atoms with van der Waals surface area (Å²) in [5.74, 6) is -2.85. The molecule has 2 aromatic heterocycles. The van der Waals surface area contributed by atoms with Crippen molar-refractivity contribution in [1.29, 1.82) is 0 Å². The number of benzene rings is 3. The smallest absolute Gasteiger partial charge is 0.265 e. The highest BCUT2D eigenvalue weighted by atomic mass is 35.5. The Labute approximate surface area is 262 Å². The van der Waals surface area contributed by atoms with Crippen LogP contribution in [-0.4, -0.2) is 35.4 Å².